The lowest BCUT2D eigenvalue weighted by molar-refractivity contribution is -0.133. The Morgan fingerprint density at radius 1 is 1.27 bits per heavy atom. The molecule has 1 aromatic heterocycles. The van der Waals surface area contributed by atoms with Gasteiger partial charge in [0.2, 0.25) is 5.91 Å². The molecule has 116 valence electrons. The van der Waals surface area contributed by atoms with Crippen LogP contribution in [0.4, 0.5) is 0 Å². The lowest BCUT2D eigenvalue weighted by Crippen LogP contribution is -2.42. The zero-order valence-corrected chi connectivity index (χ0v) is 12.9. The minimum absolute atomic E-state index is 0.0666. The fraction of sp³-hybridized carbons (Fsp3) is 0.438. The lowest BCUT2D eigenvalue weighted by atomic mass is 10.1. The van der Waals surface area contributed by atoms with Crippen molar-refractivity contribution in [2.75, 3.05) is 13.7 Å². The van der Waals surface area contributed by atoms with E-state index in [0.717, 1.165) is 17.2 Å². The van der Waals surface area contributed by atoms with E-state index in [2.05, 4.69) is 14.8 Å². The van der Waals surface area contributed by atoms with Gasteiger partial charge < -0.3 is 14.2 Å². The quantitative estimate of drug-likeness (QED) is 0.860. The van der Waals surface area contributed by atoms with E-state index in [1.807, 2.05) is 42.2 Å². The summed E-state index contributed by atoms with van der Waals surface area (Å²) in [5.74, 6) is 1.78. The molecule has 1 amide bonds. The van der Waals surface area contributed by atoms with Crippen LogP contribution in [-0.2, 0) is 29.1 Å². The normalized spacial score (nSPS) is 17.4. The number of carbonyl (C=O) groups is 1. The van der Waals surface area contributed by atoms with Gasteiger partial charge in [0.05, 0.1) is 12.5 Å². The third kappa shape index (κ3) is 2.74. The second-order valence-corrected chi connectivity index (χ2v) is 5.48. The van der Waals surface area contributed by atoms with Crippen molar-refractivity contribution in [1.29, 1.82) is 0 Å². The molecule has 0 aliphatic carbocycles. The Labute approximate surface area is 129 Å². The van der Waals surface area contributed by atoms with Gasteiger partial charge in [-0.2, -0.15) is 0 Å². The Kier molecular flexibility index (Phi) is 4.20. The molecule has 0 fully saturated rings. The molecular formula is C16H20N4O2. The molecule has 0 bridgehead atoms. The topological polar surface area (TPSA) is 60.3 Å². The van der Waals surface area contributed by atoms with Crippen LogP contribution in [0.2, 0.25) is 0 Å². The van der Waals surface area contributed by atoms with Gasteiger partial charge in [0.25, 0.3) is 0 Å². The minimum Gasteiger partial charge on any atom is -0.377 e. The fourth-order valence-electron chi connectivity index (χ4n) is 2.89. The summed E-state index contributed by atoms with van der Waals surface area (Å²) in [6.45, 7) is 3.83. The zero-order chi connectivity index (χ0) is 15.5. The average molecular weight is 300 g/mol. The van der Waals surface area contributed by atoms with Gasteiger partial charge in [-0.3, -0.25) is 4.79 Å². The van der Waals surface area contributed by atoms with E-state index in [-0.39, 0.29) is 11.9 Å². The number of hydrogen-bond donors (Lipinski definition) is 0. The first-order chi connectivity index (χ1) is 10.7. The second-order valence-electron chi connectivity index (χ2n) is 5.48. The average Bonchev–Trinajstić information content (AvgIpc) is 2.93. The van der Waals surface area contributed by atoms with E-state index < -0.39 is 0 Å². The van der Waals surface area contributed by atoms with Crippen molar-refractivity contribution in [2.24, 2.45) is 0 Å². The third-order valence-electron chi connectivity index (χ3n) is 4.05. The summed E-state index contributed by atoms with van der Waals surface area (Å²) in [5.41, 5.74) is 1.03. The Balaban J connectivity index is 1.75. The number of fused-ring (bicyclic) bond motifs is 1. The first-order valence-electron chi connectivity index (χ1n) is 7.45. The summed E-state index contributed by atoms with van der Waals surface area (Å²) in [6.07, 6.45) is 0.421. The molecule has 0 saturated carbocycles. The molecule has 1 atom stereocenters. The van der Waals surface area contributed by atoms with Gasteiger partial charge in [-0.15, -0.1) is 10.2 Å². The predicted octanol–water partition coefficient (Wildman–Crippen LogP) is 1.57. The van der Waals surface area contributed by atoms with E-state index in [9.17, 15) is 4.79 Å². The Hall–Kier alpha value is -2.21. The van der Waals surface area contributed by atoms with Crippen LogP contribution in [0.5, 0.6) is 0 Å². The maximum Gasteiger partial charge on any atom is 0.227 e. The van der Waals surface area contributed by atoms with E-state index in [4.69, 9.17) is 4.74 Å². The summed E-state index contributed by atoms with van der Waals surface area (Å²) in [4.78, 5) is 14.4. The van der Waals surface area contributed by atoms with Crippen LogP contribution >= 0.6 is 0 Å². The molecule has 0 radical (unpaired) electrons. The molecule has 0 unspecified atom stereocenters. The second kappa shape index (κ2) is 6.27. The van der Waals surface area contributed by atoms with Gasteiger partial charge in [0.15, 0.2) is 11.6 Å². The van der Waals surface area contributed by atoms with E-state index >= 15 is 0 Å². The highest BCUT2D eigenvalue weighted by molar-refractivity contribution is 5.79. The van der Waals surface area contributed by atoms with Crippen molar-refractivity contribution in [3.05, 3.63) is 47.5 Å². The highest BCUT2D eigenvalue weighted by atomic mass is 16.5. The maximum absolute atomic E-state index is 12.6. The molecule has 0 spiro atoms. The molecule has 1 aromatic carbocycles. The predicted molar refractivity (Wildman–Crippen MR) is 81.0 cm³/mol. The number of carbonyl (C=O) groups excluding carboxylic acids is 1. The monoisotopic (exact) mass is 300 g/mol. The van der Waals surface area contributed by atoms with E-state index in [1.54, 1.807) is 7.11 Å². The molecule has 3 rings (SSSR count). The lowest BCUT2D eigenvalue weighted by Gasteiger charge is -2.33. The van der Waals surface area contributed by atoms with Gasteiger partial charge in [0, 0.05) is 20.2 Å². The highest BCUT2D eigenvalue weighted by Crippen LogP contribution is 2.25. The molecule has 22 heavy (non-hydrogen) atoms. The summed E-state index contributed by atoms with van der Waals surface area (Å²) in [6, 6.07) is 9.75. The third-order valence-corrected chi connectivity index (χ3v) is 4.05. The minimum atomic E-state index is -0.0666. The molecule has 0 N–H and O–H groups in total. The standard InChI is InChI=1S/C16H20N4O2/c1-12-16-18-17-14(11-22-2)20(16)9-8-19(12)15(21)10-13-6-4-3-5-7-13/h3-7,12H,8-11H2,1-2H3/t12-/m1/s1. The molecule has 0 saturated heterocycles. The van der Waals surface area contributed by atoms with Crippen LogP contribution in [0.1, 0.15) is 30.2 Å². The van der Waals surface area contributed by atoms with Crippen molar-refractivity contribution in [3.63, 3.8) is 0 Å². The number of rotatable bonds is 4. The van der Waals surface area contributed by atoms with Gasteiger partial charge in [-0.25, -0.2) is 0 Å². The summed E-state index contributed by atoms with van der Waals surface area (Å²) >= 11 is 0. The molecule has 2 aromatic rings. The van der Waals surface area contributed by atoms with Gasteiger partial charge in [-0.1, -0.05) is 30.3 Å². The van der Waals surface area contributed by atoms with Crippen molar-refractivity contribution in [1.82, 2.24) is 19.7 Å². The van der Waals surface area contributed by atoms with Crippen molar-refractivity contribution < 1.29 is 9.53 Å². The van der Waals surface area contributed by atoms with Crippen LogP contribution < -0.4 is 0 Å². The SMILES string of the molecule is COCc1nnc2n1CCN(C(=O)Cc1ccccc1)[C@@H]2C. The largest absolute Gasteiger partial charge is 0.377 e. The molecule has 1 aliphatic heterocycles. The molecule has 2 heterocycles. The zero-order valence-electron chi connectivity index (χ0n) is 12.9. The van der Waals surface area contributed by atoms with Crippen LogP contribution in [0.25, 0.3) is 0 Å². The van der Waals surface area contributed by atoms with E-state index in [0.29, 0.717) is 26.1 Å². The van der Waals surface area contributed by atoms with Crippen LogP contribution in [-0.4, -0.2) is 39.2 Å². The Morgan fingerprint density at radius 3 is 2.77 bits per heavy atom. The smallest absolute Gasteiger partial charge is 0.227 e. The Morgan fingerprint density at radius 2 is 2.05 bits per heavy atom. The van der Waals surface area contributed by atoms with Gasteiger partial charge in [-0.05, 0) is 12.5 Å². The number of benzene rings is 1. The number of aromatic nitrogens is 3. The van der Waals surface area contributed by atoms with Crippen molar-refractivity contribution in [2.45, 2.75) is 32.5 Å². The first kappa shape index (κ1) is 14.7. The number of nitrogens with zero attached hydrogens (tertiary/aromatic N) is 4. The molecule has 1 aliphatic rings. The fourth-order valence-corrected chi connectivity index (χ4v) is 2.89. The molecule has 6 nitrogen and oxygen atoms in total. The molecule has 6 heteroatoms. The Bertz CT molecular complexity index is 653. The number of methoxy groups -OCH3 is 1. The van der Waals surface area contributed by atoms with E-state index in [1.165, 1.54) is 0 Å². The summed E-state index contributed by atoms with van der Waals surface area (Å²) in [5, 5.41) is 8.40. The summed E-state index contributed by atoms with van der Waals surface area (Å²) < 4.78 is 7.19. The first-order valence-corrected chi connectivity index (χ1v) is 7.45. The van der Waals surface area contributed by atoms with Gasteiger partial charge in [0.1, 0.15) is 6.61 Å². The molecular weight excluding hydrogens is 280 g/mol. The van der Waals surface area contributed by atoms with Crippen molar-refractivity contribution >= 4 is 5.91 Å². The van der Waals surface area contributed by atoms with Crippen LogP contribution in [0, 0.1) is 0 Å². The van der Waals surface area contributed by atoms with Crippen LogP contribution in [0.3, 0.4) is 0 Å². The number of amides is 1. The summed E-state index contributed by atoms with van der Waals surface area (Å²) in [7, 11) is 1.64. The van der Waals surface area contributed by atoms with Gasteiger partial charge >= 0.3 is 0 Å². The highest BCUT2D eigenvalue weighted by Gasteiger charge is 2.30. The number of ether oxygens (including phenoxy) is 1. The maximum atomic E-state index is 12.6. The van der Waals surface area contributed by atoms with Crippen LogP contribution in [0.15, 0.2) is 30.3 Å². The van der Waals surface area contributed by atoms with Crippen molar-refractivity contribution in [3.8, 4) is 0 Å². The number of hydrogen-bond acceptors (Lipinski definition) is 4.